The zero-order valence-corrected chi connectivity index (χ0v) is 10.8. The van der Waals surface area contributed by atoms with Gasteiger partial charge in [0.05, 0.1) is 18.9 Å². The van der Waals surface area contributed by atoms with E-state index in [1.54, 1.807) is 11.6 Å². The van der Waals surface area contributed by atoms with Gasteiger partial charge in [-0.3, -0.25) is 0 Å². The van der Waals surface area contributed by atoms with Gasteiger partial charge in [-0.25, -0.2) is 28.1 Å². The van der Waals surface area contributed by atoms with Crippen LogP contribution in [-0.2, 0) is 16.6 Å². The van der Waals surface area contributed by atoms with Crippen LogP contribution >= 0.6 is 22.9 Å². The molecule has 1 N–H and O–H groups in total. The topological polar surface area (TPSA) is 84.8 Å². The predicted octanol–water partition coefficient (Wildman–Crippen LogP) is 1.06. The van der Waals surface area contributed by atoms with E-state index >= 15 is 0 Å². The Bertz CT molecular complexity index is 582. The molecule has 0 aliphatic carbocycles. The van der Waals surface area contributed by atoms with Crippen molar-refractivity contribution in [2.45, 2.75) is 11.4 Å². The van der Waals surface area contributed by atoms with Gasteiger partial charge in [-0.2, -0.15) is 0 Å². The van der Waals surface area contributed by atoms with E-state index in [1.165, 1.54) is 11.3 Å². The van der Waals surface area contributed by atoms with Gasteiger partial charge in [-0.1, -0.05) is 0 Å². The van der Waals surface area contributed by atoms with Gasteiger partial charge in [0, 0.05) is 11.6 Å². The van der Waals surface area contributed by atoms with Crippen LogP contribution in [0.3, 0.4) is 0 Å². The van der Waals surface area contributed by atoms with E-state index in [0.717, 1.165) is 12.4 Å². The number of nitrogens with zero attached hydrogens (tertiary/aromatic N) is 3. The van der Waals surface area contributed by atoms with E-state index in [4.69, 9.17) is 11.6 Å². The fourth-order valence-electron chi connectivity index (χ4n) is 1.02. The molecule has 2 aromatic heterocycles. The van der Waals surface area contributed by atoms with Crippen LogP contribution in [0.5, 0.6) is 0 Å². The highest BCUT2D eigenvalue weighted by molar-refractivity contribution is 7.89. The summed E-state index contributed by atoms with van der Waals surface area (Å²) in [4.78, 5) is 11.2. The minimum atomic E-state index is -3.62. The van der Waals surface area contributed by atoms with Gasteiger partial charge in [-0.05, 0) is 11.6 Å². The van der Waals surface area contributed by atoms with Gasteiger partial charge in [0.1, 0.15) is 9.90 Å². The first-order chi connectivity index (χ1) is 8.08. The summed E-state index contributed by atoms with van der Waals surface area (Å²) < 4.78 is 26.0. The number of hydrogen-bond donors (Lipinski definition) is 1. The summed E-state index contributed by atoms with van der Waals surface area (Å²) in [6, 6.07) is 0. The zero-order valence-electron chi connectivity index (χ0n) is 8.37. The summed E-state index contributed by atoms with van der Waals surface area (Å²) in [5.74, 6) is 0. The lowest BCUT2D eigenvalue weighted by Gasteiger charge is -2.03. The lowest BCUT2D eigenvalue weighted by Crippen LogP contribution is -2.23. The molecule has 9 heteroatoms. The smallest absolute Gasteiger partial charge is 0.244 e. The van der Waals surface area contributed by atoms with Crippen LogP contribution in [-0.4, -0.2) is 23.4 Å². The normalized spacial score (nSPS) is 11.6. The van der Waals surface area contributed by atoms with E-state index in [-0.39, 0.29) is 16.7 Å². The number of nitrogens with one attached hydrogen (secondary N) is 1. The minimum Gasteiger partial charge on any atom is -0.248 e. The van der Waals surface area contributed by atoms with E-state index in [2.05, 4.69) is 19.7 Å². The molecule has 0 aliphatic heterocycles. The molecule has 2 rings (SSSR count). The molecule has 0 bridgehead atoms. The van der Waals surface area contributed by atoms with Crippen LogP contribution in [0.15, 0.2) is 28.9 Å². The lowest BCUT2D eigenvalue weighted by atomic mass is 10.7. The molecule has 90 valence electrons. The molecule has 0 saturated heterocycles. The first kappa shape index (κ1) is 12.4. The number of thiazole rings is 1. The lowest BCUT2D eigenvalue weighted by molar-refractivity contribution is 0.580. The van der Waals surface area contributed by atoms with E-state index in [0.29, 0.717) is 5.01 Å². The molecular weight excluding hydrogens is 284 g/mol. The largest absolute Gasteiger partial charge is 0.248 e. The summed E-state index contributed by atoms with van der Waals surface area (Å²) >= 11 is 6.85. The summed E-state index contributed by atoms with van der Waals surface area (Å²) in [7, 11) is -3.62. The third-order valence-electron chi connectivity index (χ3n) is 1.80. The highest BCUT2D eigenvalue weighted by Gasteiger charge is 2.15. The first-order valence-electron chi connectivity index (χ1n) is 4.43. The van der Waals surface area contributed by atoms with Crippen molar-refractivity contribution < 1.29 is 8.42 Å². The van der Waals surface area contributed by atoms with Gasteiger partial charge in [0.25, 0.3) is 0 Å². The van der Waals surface area contributed by atoms with Crippen LogP contribution in [0.1, 0.15) is 5.01 Å². The number of rotatable bonds is 4. The molecule has 0 aliphatic rings. The van der Waals surface area contributed by atoms with Crippen molar-refractivity contribution in [3.05, 3.63) is 34.3 Å². The third-order valence-corrected chi connectivity index (χ3v) is 4.13. The van der Waals surface area contributed by atoms with E-state index < -0.39 is 10.0 Å². The van der Waals surface area contributed by atoms with Crippen molar-refractivity contribution >= 4 is 33.0 Å². The van der Waals surface area contributed by atoms with E-state index in [9.17, 15) is 8.42 Å². The Balaban J connectivity index is 2.11. The highest BCUT2D eigenvalue weighted by Crippen LogP contribution is 2.09. The van der Waals surface area contributed by atoms with Crippen molar-refractivity contribution in [3.8, 4) is 0 Å². The zero-order chi connectivity index (χ0) is 12.3. The van der Waals surface area contributed by atoms with Crippen molar-refractivity contribution in [1.82, 2.24) is 19.7 Å². The summed E-state index contributed by atoms with van der Waals surface area (Å²) in [6.07, 6.45) is 3.92. The second kappa shape index (κ2) is 5.05. The highest BCUT2D eigenvalue weighted by atomic mass is 35.5. The Morgan fingerprint density at radius 2 is 2.00 bits per heavy atom. The maximum Gasteiger partial charge on any atom is 0.244 e. The molecule has 17 heavy (non-hydrogen) atoms. The Morgan fingerprint density at radius 3 is 2.59 bits per heavy atom. The molecule has 0 unspecified atom stereocenters. The van der Waals surface area contributed by atoms with E-state index in [1.807, 2.05) is 0 Å². The number of sulfonamides is 1. The fraction of sp³-hybridized carbons (Fsp3) is 0.125. The molecule has 0 aromatic carbocycles. The SMILES string of the molecule is O=S(=O)(NCc1nccs1)c1cnc(Cl)nc1. The fourth-order valence-corrected chi connectivity index (χ4v) is 2.64. The standard InChI is InChI=1S/C8H7ClN4O2S2/c9-8-11-3-6(4-12-8)17(14,15)13-5-7-10-1-2-16-7/h1-4,13H,5H2. The summed E-state index contributed by atoms with van der Waals surface area (Å²) in [6.45, 7) is 0.141. The van der Waals surface area contributed by atoms with Crippen molar-refractivity contribution in [1.29, 1.82) is 0 Å². The first-order valence-corrected chi connectivity index (χ1v) is 7.17. The summed E-state index contributed by atoms with van der Waals surface area (Å²) in [5.41, 5.74) is 0. The molecule has 2 heterocycles. The number of hydrogen-bond acceptors (Lipinski definition) is 6. The third kappa shape index (κ3) is 3.19. The molecule has 0 atom stereocenters. The average molecular weight is 291 g/mol. The molecular formula is C8H7ClN4O2S2. The van der Waals surface area contributed by atoms with Gasteiger partial charge in [-0.15, -0.1) is 11.3 Å². The van der Waals surface area contributed by atoms with Crippen molar-refractivity contribution in [2.75, 3.05) is 0 Å². The molecule has 0 fully saturated rings. The van der Waals surface area contributed by atoms with Crippen molar-refractivity contribution in [3.63, 3.8) is 0 Å². The average Bonchev–Trinajstić information content (AvgIpc) is 2.80. The Kier molecular flexibility index (Phi) is 3.67. The molecule has 0 saturated carbocycles. The monoisotopic (exact) mass is 290 g/mol. The Hall–Kier alpha value is -1.09. The quantitative estimate of drug-likeness (QED) is 0.851. The molecule has 2 aromatic rings. The second-order valence-electron chi connectivity index (χ2n) is 2.94. The van der Waals surface area contributed by atoms with Gasteiger partial charge < -0.3 is 0 Å². The van der Waals surface area contributed by atoms with Crippen LogP contribution in [0.25, 0.3) is 0 Å². The van der Waals surface area contributed by atoms with Crippen LogP contribution in [0.4, 0.5) is 0 Å². The molecule has 6 nitrogen and oxygen atoms in total. The van der Waals surface area contributed by atoms with Crippen LogP contribution < -0.4 is 4.72 Å². The number of aromatic nitrogens is 3. The molecule has 0 radical (unpaired) electrons. The van der Waals surface area contributed by atoms with Crippen molar-refractivity contribution in [2.24, 2.45) is 0 Å². The van der Waals surface area contributed by atoms with Crippen LogP contribution in [0, 0.1) is 0 Å². The minimum absolute atomic E-state index is 0.00359. The molecule has 0 spiro atoms. The van der Waals surface area contributed by atoms with Crippen LogP contribution in [0.2, 0.25) is 5.28 Å². The van der Waals surface area contributed by atoms with Gasteiger partial charge in [0.15, 0.2) is 0 Å². The summed E-state index contributed by atoms with van der Waals surface area (Å²) in [5, 5.41) is 2.46. The molecule has 0 amide bonds. The Labute approximate surface area is 107 Å². The maximum atomic E-state index is 11.8. The predicted molar refractivity (Wildman–Crippen MR) is 63.2 cm³/mol. The Morgan fingerprint density at radius 1 is 1.29 bits per heavy atom. The van der Waals surface area contributed by atoms with Gasteiger partial charge >= 0.3 is 0 Å². The van der Waals surface area contributed by atoms with Gasteiger partial charge in [0.2, 0.25) is 15.3 Å². The second-order valence-corrected chi connectivity index (χ2v) is 6.02. The maximum absolute atomic E-state index is 11.8. The number of halogens is 1.